The first-order chi connectivity index (χ1) is 11.8. The lowest BCUT2D eigenvalue weighted by Crippen LogP contribution is -2.03. The Morgan fingerprint density at radius 1 is 1.12 bits per heavy atom. The van der Waals surface area contributed by atoms with Crippen LogP contribution in [0.3, 0.4) is 0 Å². The summed E-state index contributed by atoms with van der Waals surface area (Å²) in [5.41, 5.74) is 4.45. The van der Waals surface area contributed by atoms with Crippen LogP contribution in [0.4, 0.5) is 5.69 Å². The SMILES string of the molecule is CCNSc1ccc(NCc2ccccc2)c(-c2cn(C)cn2)c1. The van der Waals surface area contributed by atoms with Gasteiger partial charge in [-0.3, -0.25) is 4.72 Å². The molecule has 2 N–H and O–H groups in total. The summed E-state index contributed by atoms with van der Waals surface area (Å²) in [6.07, 6.45) is 3.88. The van der Waals surface area contributed by atoms with Gasteiger partial charge in [0.2, 0.25) is 0 Å². The number of imidazole rings is 1. The summed E-state index contributed by atoms with van der Waals surface area (Å²) >= 11 is 1.65. The molecule has 0 amide bonds. The Morgan fingerprint density at radius 3 is 2.67 bits per heavy atom. The maximum atomic E-state index is 4.52. The summed E-state index contributed by atoms with van der Waals surface area (Å²) in [6.45, 7) is 3.82. The molecule has 0 atom stereocenters. The van der Waals surface area contributed by atoms with Crippen LogP contribution >= 0.6 is 11.9 Å². The van der Waals surface area contributed by atoms with Gasteiger partial charge in [0.25, 0.3) is 0 Å². The fraction of sp³-hybridized carbons (Fsp3) is 0.211. The molecule has 1 aromatic heterocycles. The number of anilines is 1. The Hall–Kier alpha value is -2.24. The highest BCUT2D eigenvalue weighted by atomic mass is 32.2. The molecule has 24 heavy (non-hydrogen) atoms. The highest BCUT2D eigenvalue weighted by Gasteiger charge is 2.09. The van der Waals surface area contributed by atoms with Gasteiger partial charge in [-0.05, 0) is 35.7 Å². The van der Waals surface area contributed by atoms with E-state index in [1.165, 1.54) is 10.5 Å². The van der Waals surface area contributed by atoms with Crippen LogP contribution in [0.25, 0.3) is 11.3 Å². The van der Waals surface area contributed by atoms with Crippen LogP contribution in [-0.2, 0) is 13.6 Å². The molecule has 1 heterocycles. The number of hydrogen-bond donors (Lipinski definition) is 2. The van der Waals surface area contributed by atoms with E-state index >= 15 is 0 Å². The molecular weight excluding hydrogens is 316 g/mol. The largest absolute Gasteiger partial charge is 0.380 e. The second-order valence-electron chi connectivity index (χ2n) is 5.57. The predicted octanol–water partition coefficient (Wildman–Crippen LogP) is 4.32. The van der Waals surface area contributed by atoms with Gasteiger partial charge in [0.1, 0.15) is 0 Å². The number of rotatable bonds is 7. The van der Waals surface area contributed by atoms with Gasteiger partial charge in [0, 0.05) is 42.5 Å². The average molecular weight is 338 g/mol. The summed E-state index contributed by atoms with van der Waals surface area (Å²) < 4.78 is 5.27. The minimum Gasteiger partial charge on any atom is -0.380 e. The van der Waals surface area contributed by atoms with E-state index in [1.54, 1.807) is 11.9 Å². The predicted molar refractivity (Wildman–Crippen MR) is 102 cm³/mol. The number of nitrogens with zero attached hydrogens (tertiary/aromatic N) is 2. The van der Waals surface area contributed by atoms with Crippen molar-refractivity contribution in [2.24, 2.45) is 7.05 Å². The van der Waals surface area contributed by atoms with Gasteiger partial charge in [-0.1, -0.05) is 37.3 Å². The lowest BCUT2D eigenvalue weighted by molar-refractivity contribution is 0.913. The van der Waals surface area contributed by atoms with Gasteiger partial charge in [0.05, 0.1) is 12.0 Å². The summed E-state index contributed by atoms with van der Waals surface area (Å²) in [7, 11) is 1.99. The van der Waals surface area contributed by atoms with Crippen LogP contribution in [0.15, 0.2) is 66.0 Å². The maximum Gasteiger partial charge on any atom is 0.0951 e. The first-order valence-electron chi connectivity index (χ1n) is 8.06. The zero-order valence-electron chi connectivity index (χ0n) is 14.0. The molecule has 0 saturated carbocycles. The highest BCUT2D eigenvalue weighted by Crippen LogP contribution is 2.31. The number of benzene rings is 2. The van der Waals surface area contributed by atoms with Gasteiger partial charge in [-0.25, -0.2) is 4.98 Å². The lowest BCUT2D eigenvalue weighted by atomic mass is 10.1. The Bertz CT molecular complexity index is 783. The zero-order chi connectivity index (χ0) is 16.8. The van der Waals surface area contributed by atoms with Gasteiger partial charge in [-0.2, -0.15) is 0 Å². The minimum atomic E-state index is 0.792. The third-order valence-electron chi connectivity index (χ3n) is 3.63. The van der Waals surface area contributed by atoms with Crippen molar-refractivity contribution in [3.05, 3.63) is 66.6 Å². The Balaban J connectivity index is 1.86. The van der Waals surface area contributed by atoms with Crippen LogP contribution in [-0.4, -0.2) is 16.1 Å². The van der Waals surface area contributed by atoms with Crippen molar-refractivity contribution < 1.29 is 0 Å². The van der Waals surface area contributed by atoms with Gasteiger partial charge >= 0.3 is 0 Å². The second kappa shape index (κ2) is 8.04. The summed E-state index contributed by atoms with van der Waals surface area (Å²) in [4.78, 5) is 5.70. The molecule has 5 heteroatoms. The van der Waals surface area contributed by atoms with Crippen molar-refractivity contribution in [1.82, 2.24) is 14.3 Å². The molecule has 0 saturated heterocycles. The van der Waals surface area contributed by atoms with Crippen molar-refractivity contribution in [1.29, 1.82) is 0 Å². The lowest BCUT2D eigenvalue weighted by Gasteiger charge is -2.13. The third-order valence-corrected chi connectivity index (χ3v) is 4.55. The first-order valence-corrected chi connectivity index (χ1v) is 8.88. The van der Waals surface area contributed by atoms with Crippen molar-refractivity contribution in [3.63, 3.8) is 0 Å². The van der Waals surface area contributed by atoms with E-state index in [4.69, 9.17) is 0 Å². The van der Waals surface area contributed by atoms with Crippen molar-refractivity contribution >= 4 is 17.6 Å². The summed E-state index contributed by atoms with van der Waals surface area (Å²) in [5.74, 6) is 0. The van der Waals surface area contributed by atoms with Crippen LogP contribution in [0.5, 0.6) is 0 Å². The van der Waals surface area contributed by atoms with Gasteiger partial charge in [-0.15, -0.1) is 0 Å². The normalized spacial score (nSPS) is 10.8. The molecular formula is C19H22N4S. The highest BCUT2D eigenvalue weighted by molar-refractivity contribution is 7.97. The molecule has 0 spiro atoms. The molecule has 0 bridgehead atoms. The van der Waals surface area contributed by atoms with Crippen LogP contribution in [0, 0.1) is 0 Å². The molecule has 4 nitrogen and oxygen atoms in total. The van der Waals surface area contributed by atoms with Crippen molar-refractivity contribution in [2.75, 3.05) is 11.9 Å². The van der Waals surface area contributed by atoms with E-state index in [9.17, 15) is 0 Å². The summed E-state index contributed by atoms with van der Waals surface area (Å²) in [6, 6.07) is 16.9. The van der Waals surface area contributed by atoms with Crippen LogP contribution < -0.4 is 10.0 Å². The maximum absolute atomic E-state index is 4.52. The number of nitrogens with one attached hydrogen (secondary N) is 2. The van der Waals surface area contributed by atoms with Crippen molar-refractivity contribution in [2.45, 2.75) is 18.4 Å². The van der Waals surface area contributed by atoms with Gasteiger partial charge < -0.3 is 9.88 Å². The molecule has 0 fully saturated rings. The molecule has 0 radical (unpaired) electrons. The molecule has 124 valence electrons. The molecule has 0 aliphatic heterocycles. The zero-order valence-corrected chi connectivity index (χ0v) is 14.8. The minimum absolute atomic E-state index is 0.792. The molecule has 3 aromatic rings. The number of hydrogen-bond acceptors (Lipinski definition) is 4. The van der Waals surface area contributed by atoms with E-state index in [1.807, 2.05) is 30.2 Å². The fourth-order valence-electron chi connectivity index (χ4n) is 2.45. The molecule has 0 aliphatic rings. The Morgan fingerprint density at radius 2 is 1.96 bits per heavy atom. The molecule has 2 aromatic carbocycles. The van der Waals surface area contributed by atoms with Crippen molar-refractivity contribution in [3.8, 4) is 11.3 Å². The van der Waals surface area contributed by atoms with Gasteiger partial charge in [0.15, 0.2) is 0 Å². The van der Waals surface area contributed by atoms with E-state index in [2.05, 4.69) is 64.4 Å². The van der Waals surface area contributed by atoms with E-state index in [-0.39, 0.29) is 0 Å². The third kappa shape index (κ3) is 4.19. The Labute approximate surface area is 147 Å². The van der Waals surface area contributed by atoms with Crippen LogP contribution in [0.1, 0.15) is 12.5 Å². The molecule has 3 rings (SSSR count). The smallest absolute Gasteiger partial charge is 0.0951 e. The monoisotopic (exact) mass is 338 g/mol. The van der Waals surface area contributed by atoms with E-state index < -0.39 is 0 Å². The fourth-order valence-corrected chi connectivity index (χ4v) is 3.08. The average Bonchev–Trinajstić information content (AvgIpc) is 3.05. The Kier molecular flexibility index (Phi) is 5.56. The topological polar surface area (TPSA) is 41.9 Å². The first kappa shape index (κ1) is 16.6. The quantitative estimate of drug-likeness (QED) is 0.630. The number of aryl methyl sites for hydroxylation is 1. The molecule has 0 unspecified atom stereocenters. The van der Waals surface area contributed by atoms with Crippen LogP contribution in [0.2, 0.25) is 0 Å². The van der Waals surface area contributed by atoms with E-state index in [0.717, 1.165) is 30.0 Å². The second-order valence-corrected chi connectivity index (χ2v) is 6.54. The standard InChI is InChI=1S/C19H22N4S/c1-3-22-24-16-9-10-18(20-12-15-7-5-4-6-8-15)17(11-16)19-13-23(2)14-21-19/h4-11,13-14,20,22H,3,12H2,1-2H3. The van der Waals surface area contributed by atoms with E-state index in [0.29, 0.717) is 0 Å². The number of aromatic nitrogens is 2. The summed E-state index contributed by atoms with van der Waals surface area (Å²) in [5, 5.41) is 3.54. The molecule has 0 aliphatic carbocycles.